The number of fused-ring (bicyclic) bond motifs is 1. The summed E-state index contributed by atoms with van der Waals surface area (Å²) >= 11 is 0. The van der Waals surface area contributed by atoms with Gasteiger partial charge in [-0.15, -0.1) is 0 Å². The molecule has 0 bridgehead atoms. The van der Waals surface area contributed by atoms with Crippen LogP contribution in [0.25, 0.3) is 0 Å². The van der Waals surface area contributed by atoms with E-state index in [2.05, 4.69) is 27.0 Å². The normalized spacial score (nSPS) is 16.4. The van der Waals surface area contributed by atoms with Crippen molar-refractivity contribution in [1.29, 1.82) is 0 Å². The number of ether oxygens (including phenoxy) is 1. The van der Waals surface area contributed by atoms with Crippen LogP contribution in [0.1, 0.15) is 29.4 Å². The van der Waals surface area contributed by atoms with Crippen LogP contribution in [0.3, 0.4) is 0 Å². The standard InChI is InChI=1S/C21H25N5O3/c1-2-29-21(28)25-12-10-24(11-13-25)20(27)17-14-19(23-15-22-17)26-9-5-7-16-6-3-4-8-18(16)26/h3-4,6,8,14-15H,2,5,7,9-13H2,1H3. The first kappa shape index (κ1) is 19.2. The zero-order valence-corrected chi connectivity index (χ0v) is 16.6. The zero-order chi connectivity index (χ0) is 20.2. The van der Waals surface area contributed by atoms with Crippen LogP contribution >= 0.6 is 0 Å². The molecule has 2 aliphatic heterocycles. The molecule has 0 radical (unpaired) electrons. The molecule has 0 unspecified atom stereocenters. The minimum Gasteiger partial charge on any atom is -0.450 e. The fourth-order valence-electron chi connectivity index (χ4n) is 3.85. The lowest BCUT2D eigenvalue weighted by Crippen LogP contribution is -2.50. The highest BCUT2D eigenvalue weighted by atomic mass is 16.6. The average Bonchev–Trinajstić information content (AvgIpc) is 2.78. The van der Waals surface area contributed by atoms with E-state index in [0.29, 0.717) is 38.5 Å². The van der Waals surface area contributed by atoms with E-state index in [-0.39, 0.29) is 12.0 Å². The minimum atomic E-state index is -0.326. The summed E-state index contributed by atoms with van der Waals surface area (Å²) in [5.74, 6) is 0.600. The van der Waals surface area contributed by atoms with E-state index >= 15 is 0 Å². The van der Waals surface area contributed by atoms with Crippen molar-refractivity contribution in [2.75, 3.05) is 44.2 Å². The van der Waals surface area contributed by atoms with Gasteiger partial charge in [-0.2, -0.15) is 0 Å². The van der Waals surface area contributed by atoms with Crippen LogP contribution in [0.4, 0.5) is 16.3 Å². The summed E-state index contributed by atoms with van der Waals surface area (Å²) in [7, 11) is 0. The predicted molar refractivity (Wildman–Crippen MR) is 108 cm³/mol. The topological polar surface area (TPSA) is 78.9 Å². The van der Waals surface area contributed by atoms with E-state index in [4.69, 9.17) is 4.74 Å². The molecule has 0 atom stereocenters. The van der Waals surface area contributed by atoms with Crippen molar-refractivity contribution in [3.05, 3.63) is 47.9 Å². The predicted octanol–water partition coefficient (Wildman–Crippen LogP) is 2.48. The highest BCUT2D eigenvalue weighted by Gasteiger charge is 2.27. The molecule has 8 nitrogen and oxygen atoms in total. The van der Waals surface area contributed by atoms with Crippen molar-refractivity contribution in [2.24, 2.45) is 0 Å². The number of piperazine rings is 1. The van der Waals surface area contributed by atoms with Crippen LogP contribution in [0.5, 0.6) is 0 Å². The van der Waals surface area contributed by atoms with E-state index in [1.165, 1.54) is 11.9 Å². The molecule has 29 heavy (non-hydrogen) atoms. The van der Waals surface area contributed by atoms with Crippen LogP contribution < -0.4 is 4.90 Å². The molecular formula is C21H25N5O3. The van der Waals surface area contributed by atoms with E-state index in [0.717, 1.165) is 30.9 Å². The number of rotatable bonds is 3. The Morgan fingerprint density at radius 1 is 1.03 bits per heavy atom. The Kier molecular flexibility index (Phi) is 5.59. The molecule has 1 fully saturated rings. The summed E-state index contributed by atoms with van der Waals surface area (Å²) in [5.41, 5.74) is 2.81. The number of amides is 2. The van der Waals surface area contributed by atoms with Gasteiger partial charge in [0, 0.05) is 44.5 Å². The number of para-hydroxylation sites is 1. The molecule has 152 valence electrons. The number of carbonyl (C=O) groups is 2. The zero-order valence-electron chi connectivity index (χ0n) is 16.6. The van der Waals surface area contributed by atoms with Gasteiger partial charge in [0.2, 0.25) is 0 Å². The van der Waals surface area contributed by atoms with Gasteiger partial charge in [-0.3, -0.25) is 4.79 Å². The molecule has 0 spiro atoms. The van der Waals surface area contributed by atoms with Gasteiger partial charge in [0.05, 0.1) is 6.61 Å². The van der Waals surface area contributed by atoms with Gasteiger partial charge in [-0.1, -0.05) is 18.2 Å². The first-order valence-corrected chi connectivity index (χ1v) is 10.1. The maximum Gasteiger partial charge on any atom is 0.409 e. The lowest BCUT2D eigenvalue weighted by atomic mass is 10.0. The second-order valence-corrected chi connectivity index (χ2v) is 7.12. The number of benzene rings is 1. The molecule has 2 aliphatic rings. The summed E-state index contributed by atoms with van der Waals surface area (Å²) in [5, 5.41) is 0. The Labute approximate surface area is 170 Å². The third-order valence-corrected chi connectivity index (χ3v) is 5.35. The fraction of sp³-hybridized carbons (Fsp3) is 0.429. The van der Waals surface area contributed by atoms with Crippen molar-refractivity contribution in [1.82, 2.24) is 19.8 Å². The van der Waals surface area contributed by atoms with Crippen LogP contribution in [-0.2, 0) is 11.2 Å². The smallest absolute Gasteiger partial charge is 0.409 e. The van der Waals surface area contributed by atoms with Crippen LogP contribution in [0.15, 0.2) is 36.7 Å². The monoisotopic (exact) mass is 395 g/mol. The van der Waals surface area contributed by atoms with Crippen LogP contribution in [0, 0.1) is 0 Å². The quantitative estimate of drug-likeness (QED) is 0.794. The lowest BCUT2D eigenvalue weighted by Gasteiger charge is -2.34. The van der Waals surface area contributed by atoms with Crippen molar-refractivity contribution >= 4 is 23.5 Å². The molecule has 1 aromatic heterocycles. The SMILES string of the molecule is CCOC(=O)N1CCN(C(=O)c2cc(N3CCCc4ccccc43)ncn2)CC1. The molecule has 1 saturated heterocycles. The Morgan fingerprint density at radius 2 is 1.79 bits per heavy atom. The summed E-state index contributed by atoms with van der Waals surface area (Å²) in [4.78, 5) is 38.9. The molecule has 0 saturated carbocycles. The van der Waals surface area contributed by atoms with Gasteiger partial charge in [-0.25, -0.2) is 14.8 Å². The number of hydrogen-bond donors (Lipinski definition) is 0. The molecule has 1 aromatic carbocycles. The molecule has 3 heterocycles. The largest absolute Gasteiger partial charge is 0.450 e. The van der Waals surface area contributed by atoms with Crippen molar-refractivity contribution in [2.45, 2.75) is 19.8 Å². The second kappa shape index (κ2) is 8.46. The number of anilines is 2. The summed E-state index contributed by atoms with van der Waals surface area (Å²) in [6.07, 6.45) is 3.22. The molecular weight excluding hydrogens is 370 g/mol. The van der Waals surface area contributed by atoms with Gasteiger partial charge >= 0.3 is 6.09 Å². The maximum absolute atomic E-state index is 13.0. The molecule has 0 aliphatic carbocycles. The van der Waals surface area contributed by atoms with Gasteiger partial charge in [0.15, 0.2) is 0 Å². The average molecular weight is 395 g/mol. The number of aryl methyl sites for hydroxylation is 1. The number of hydrogen-bond acceptors (Lipinski definition) is 6. The van der Waals surface area contributed by atoms with E-state index < -0.39 is 0 Å². The van der Waals surface area contributed by atoms with Gasteiger partial charge in [0.25, 0.3) is 5.91 Å². The van der Waals surface area contributed by atoms with Crippen LogP contribution in [0.2, 0.25) is 0 Å². The Hall–Kier alpha value is -3.16. The van der Waals surface area contributed by atoms with Gasteiger partial charge in [0.1, 0.15) is 17.8 Å². The Balaban J connectivity index is 1.47. The van der Waals surface area contributed by atoms with E-state index in [1.54, 1.807) is 22.8 Å². The maximum atomic E-state index is 13.0. The molecule has 2 aromatic rings. The van der Waals surface area contributed by atoms with Crippen molar-refractivity contribution < 1.29 is 14.3 Å². The summed E-state index contributed by atoms with van der Waals surface area (Å²) < 4.78 is 5.03. The number of carbonyl (C=O) groups excluding carboxylic acids is 2. The van der Waals surface area contributed by atoms with E-state index in [9.17, 15) is 9.59 Å². The van der Waals surface area contributed by atoms with Crippen LogP contribution in [-0.4, -0.2) is 71.1 Å². The van der Waals surface area contributed by atoms with Gasteiger partial charge in [-0.05, 0) is 31.4 Å². The highest BCUT2D eigenvalue weighted by Crippen LogP contribution is 2.32. The number of nitrogens with zero attached hydrogens (tertiary/aromatic N) is 5. The van der Waals surface area contributed by atoms with Crippen molar-refractivity contribution in [3.63, 3.8) is 0 Å². The van der Waals surface area contributed by atoms with Crippen molar-refractivity contribution in [3.8, 4) is 0 Å². The van der Waals surface area contributed by atoms with E-state index in [1.807, 2.05) is 12.1 Å². The molecule has 8 heteroatoms. The first-order valence-electron chi connectivity index (χ1n) is 10.1. The third kappa shape index (κ3) is 4.01. The lowest BCUT2D eigenvalue weighted by molar-refractivity contribution is 0.0566. The first-order chi connectivity index (χ1) is 14.2. The second-order valence-electron chi connectivity index (χ2n) is 7.12. The Morgan fingerprint density at radius 3 is 2.59 bits per heavy atom. The summed E-state index contributed by atoms with van der Waals surface area (Å²) in [6, 6.07) is 10.1. The fourth-order valence-corrected chi connectivity index (χ4v) is 3.85. The molecule has 0 N–H and O–H groups in total. The van der Waals surface area contributed by atoms with Gasteiger partial charge < -0.3 is 19.4 Å². The third-order valence-electron chi connectivity index (χ3n) is 5.35. The number of aromatic nitrogens is 2. The molecule has 2 amide bonds. The highest BCUT2D eigenvalue weighted by molar-refractivity contribution is 5.93. The minimum absolute atomic E-state index is 0.137. The summed E-state index contributed by atoms with van der Waals surface area (Å²) in [6.45, 7) is 4.84. The molecule has 4 rings (SSSR count). The Bertz CT molecular complexity index is 895.